The molecule has 0 bridgehead atoms. The molecule has 33 heavy (non-hydrogen) atoms. The van der Waals surface area contributed by atoms with E-state index in [-0.39, 0.29) is 11.6 Å². The fraction of sp³-hybridized carbons (Fsp3) is 0.0455. The number of allylic oxidation sites excluding steroid dienone is 1. The predicted molar refractivity (Wildman–Crippen MR) is 124 cm³/mol. The third-order valence-corrected chi connectivity index (χ3v) is 4.07. The molecule has 1 heterocycles. The van der Waals surface area contributed by atoms with E-state index in [0.717, 1.165) is 5.69 Å². The third-order valence-electron chi connectivity index (χ3n) is 4.07. The monoisotopic (exact) mass is 450 g/mol. The summed E-state index contributed by atoms with van der Waals surface area (Å²) in [6.07, 6.45) is 5.12. The third kappa shape index (κ3) is 7.45. The molecule has 1 aromatic heterocycles. The molecule has 0 fully saturated rings. The van der Waals surface area contributed by atoms with Gasteiger partial charge in [0.25, 0.3) is 5.69 Å². The Bertz CT molecular complexity index is 1190. The maximum Gasteiger partial charge on any atom is 0.337 e. The quantitative estimate of drug-likeness (QED) is 0.159. The fourth-order valence-electron chi connectivity index (χ4n) is 2.64. The summed E-state index contributed by atoms with van der Waals surface area (Å²) < 4.78 is 8.33. The van der Waals surface area contributed by atoms with Gasteiger partial charge in [-0.1, -0.05) is 42.5 Å². The van der Waals surface area contributed by atoms with E-state index in [1.54, 1.807) is 77.5 Å². The van der Waals surface area contributed by atoms with Crippen molar-refractivity contribution in [2.24, 2.45) is 10.8 Å². The lowest BCUT2D eigenvalue weighted by Crippen LogP contribution is -2.25. The standard InChI is InChI=1S/C14H14N6O2.C8H8O3/c15-14(16)18-17-9-3-5-11-6-4-10-19(11)12-7-1-2-8-13(12)20(21)22;9-7(8(10)11)6-4-2-1-3-5-6/h1-10H,(H4,15,16,18);1-5,7,9H,(H,10,11). The van der Waals surface area contributed by atoms with E-state index in [1.807, 2.05) is 6.07 Å². The summed E-state index contributed by atoms with van der Waals surface area (Å²) in [5.41, 5.74) is 9.23. The molecular weight excluding hydrogens is 428 g/mol. The number of hydrogen-bond acceptors (Lipinski definition) is 6. The summed E-state index contributed by atoms with van der Waals surface area (Å²) in [6.45, 7) is 0. The van der Waals surface area contributed by atoms with E-state index < -0.39 is 17.0 Å². The Morgan fingerprint density at radius 2 is 1.91 bits per heavy atom. The number of aliphatic hydroxyl groups is 1. The van der Waals surface area contributed by atoms with E-state index >= 15 is 0 Å². The van der Waals surface area contributed by atoms with Crippen LogP contribution in [0.3, 0.4) is 0 Å². The molecule has 0 aliphatic heterocycles. The van der Waals surface area contributed by atoms with Crippen LogP contribution in [0.15, 0.2) is 84.1 Å². The van der Waals surface area contributed by atoms with Crippen LogP contribution >= 0.6 is 0 Å². The molecule has 0 saturated carbocycles. The van der Waals surface area contributed by atoms with Crippen molar-refractivity contribution in [1.82, 2.24) is 9.99 Å². The second-order valence-corrected chi connectivity index (χ2v) is 6.33. The van der Waals surface area contributed by atoms with Gasteiger partial charge in [0.15, 0.2) is 7.52 Å². The summed E-state index contributed by atoms with van der Waals surface area (Å²) in [7, 11) is 0. The lowest BCUT2D eigenvalue weighted by Gasteiger charge is -2.06. The van der Waals surface area contributed by atoms with Crippen molar-refractivity contribution in [2.45, 2.75) is 6.10 Å². The first-order valence-electron chi connectivity index (χ1n) is 9.90. The van der Waals surface area contributed by atoms with Gasteiger partial charge < -0.3 is 20.5 Å². The number of hydrogen-bond donors (Lipinski definition) is 5. The zero-order valence-corrected chi connectivity index (χ0v) is 17.2. The SMILES string of the molecule is O=C(O)C(O)c1ccccc1.[H]/N=C(\N)NN=CC=Cc1cccn1-c1ccccc1[N+](=O)[O-]. The Morgan fingerprint density at radius 3 is 2.58 bits per heavy atom. The van der Waals surface area contributed by atoms with Crippen LogP contribution in [0, 0.1) is 15.5 Å². The molecule has 3 aromatic rings. The maximum atomic E-state index is 11.1. The Labute approximate surface area is 190 Å². The molecule has 11 nitrogen and oxygen atoms in total. The average Bonchev–Trinajstić information content (AvgIpc) is 3.32. The summed E-state index contributed by atoms with van der Waals surface area (Å²) in [4.78, 5) is 21.0. The number of carboxylic acids is 1. The van der Waals surface area contributed by atoms with Crippen molar-refractivity contribution in [3.05, 3.63) is 100 Å². The summed E-state index contributed by atoms with van der Waals surface area (Å²) >= 11 is 0. The number of nitrogens with two attached hydrogens (primary N) is 1. The molecule has 0 aliphatic carbocycles. The summed E-state index contributed by atoms with van der Waals surface area (Å²) in [6, 6.07) is 18.4. The normalized spacial score (nSPS) is 12.6. The van der Waals surface area contributed by atoms with Crippen molar-refractivity contribution in [2.75, 3.05) is 0 Å². The second kappa shape index (κ2) is 12.2. The number of carboxylic acid groups (broad SMARTS) is 1. The maximum absolute atomic E-state index is 11.1. The van der Waals surface area contributed by atoms with Crippen molar-refractivity contribution >= 4 is 29.9 Å². The Morgan fingerprint density at radius 1 is 1.21 bits per heavy atom. The largest absolute Gasteiger partial charge is 0.479 e. The van der Waals surface area contributed by atoms with Crippen LogP contribution in [-0.2, 0) is 4.79 Å². The number of benzene rings is 2. The molecule has 6 N–H and O–H groups in total. The van der Waals surface area contributed by atoms with Crippen molar-refractivity contribution in [3.63, 3.8) is 0 Å². The highest BCUT2D eigenvalue weighted by molar-refractivity contribution is 5.80. The van der Waals surface area contributed by atoms with Gasteiger partial charge in [0.2, 0.25) is 5.96 Å². The zero-order chi connectivity index (χ0) is 24.9. The molecule has 0 saturated heterocycles. The predicted octanol–water partition coefficient (Wildman–Crippen LogP) is 2.67. The van der Waals surface area contributed by atoms with E-state index in [9.17, 15) is 14.9 Å². The number of nitrogens with zero attached hydrogens (tertiary/aromatic N) is 3. The van der Waals surface area contributed by atoms with Gasteiger partial charge in [-0.05, 0) is 35.9 Å². The molecule has 3 rings (SSSR count). The van der Waals surface area contributed by atoms with E-state index in [2.05, 4.69) is 15.9 Å². The first-order chi connectivity index (χ1) is 16.3. The van der Waals surface area contributed by atoms with Crippen molar-refractivity contribution < 1.29 is 21.3 Å². The van der Waals surface area contributed by atoms with E-state index in [4.69, 9.17) is 17.4 Å². The molecule has 1 unspecified atom stereocenters. The molecule has 2 aromatic carbocycles. The van der Waals surface area contributed by atoms with Crippen LogP contribution in [0.25, 0.3) is 11.8 Å². The Balaban J connectivity index is 0.000000310. The topological polar surface area (TPSA) is 180 Å². The first kappa shape index (κ1) is 22.9. The van der Waals surface area contributed by atoms with Gasteiger partial charge in [-0.25, -0.2) is 10.2 Å². The molecule has 1 atom stereocenters. The number of para-hydroxylation sites is 2. The Hall–Kier alpha value is -4.77. The number of rotatable bonds is 7. The number of carbonyl (C=O) groups is 1. The molecule has 0 spiro atoms. The molecule has 170 valence electrons. The van der Waals surface area contributed by atoms with Crippen LogP contribution in [0.1, 0.15) is 17.4 Å². The number of aliphatic hydroxyl groups excluding tert-OH is 1. The van der Waals surface area contributed by atoms with Crippen molar-refractivity contribution in [1.29, 1.82) is 5.40 Å². The Kier molecular flexibility index (Phi) is 8.45. The highest BCUT2D eigenvalue weighted by Gasteiger charge is 2.15. The number of nitro benzene ring substituents is 1. The number of nitrogens with one attached hydrogen (secondary N) is 2. The summed E-state index contributed by atoms with van der Waals surface area (Å²) in [5, 5.41) is 35.2. The first-order valence-corrected chi connectivity index (χ1v) is 9.45. The summed E-state index contributed by atoms with van der Waals surface area (Å²) in [5.74, 6) is -1.35. The van der Waals surface area contributed by atoms with Crippen LogP contribution in [0.5, 0.6) is 0 Å². The highest BCUT2D eigenvalue weighted by atomic mass is 16.6. The van der Waals surface area contributed by atoms with Gasteiger partial charge in [0, 0.05) is 24.2 Å². The number of nitro groups is 1. The second-order valence-electron chi connectivity index (χ2n) is 6.33. The minimum absolute atomic E-state index is 0.0214. The minimum Gasteiger partial charge on any atom is -0.479 e. The average molecular weight is 450 g/mol. The van der Waals surface area contributed by atoms with Crippen LogP contribution < -0.4 is 11.2 Å². The van der Waals surface area contributed by atoms with Gasteiger partial charge in [-0.3, -0.25) is 15.5 Å². The van der Waals surface area contributed by atoms with Crippen LogP contribution in [-0.4, -0.2) is 37.8 Å². The molecular formula is C22H22N6O5. The lowest BCUT2D eigenvalue weighted by atomic mass is 10.1. The lowest BCUT2D eigenvalue weighted by molar-refractivity contribution is -0.384. The number of guanidine groups is 1. The smallest absolute Gasteiger partial charge is 0.337 e. The number of aliphatic carboxylic acids is 1. The molecule has 0 aliphatic rings. The minimum atomic E-state index is -1.41. The number of hydrazone groups is 1. The van der Waals surface area contributed by atoms with Crippen molar-refractivity contribution in [3.8, 4) is 5.69 Å². The van der Waals surface area contributed by atoms with Crippen LogP contribution in [0.2, 0.25) is 1.41 Å². The van der Waals surface area contributed by atoms with Gasteiger partial charge in [0.1, 0.15) is 5.69 Å². The van der Waals surface area contributed by atoms with Gasteiger partial charge in [-0.15, -0.1) is 0 Å². The van der Waals surface area contributed by atoms with Crippen LogP contribution in [0.4, 0.5) is 5.69 Å². The molecule has 0 radical (unpaired) electrons. The number of aromatic nitrogens is 1. The highest BCUT2D eigenvalue weighted by Crippen LogP contribution is 2.24. The fourth-order valence-corrected chi connectivity index (χ4v) is 2.64. The molecule has 11 heteroatoms. The zero-order valence-electron chi connectivity index (χ0n) is 18.2. The van der Waals surface area contributed by atoms with E-state index in [1.165, 1.54) is 12.3 Å². The molecule has 0 amide bonds. The van der Waals surface area contributed by atoms with Gasteiger partial charge >= 0.3 is 5.97 Å². The van der Waals surface area contributed by atoms with Gasteiger partial charge in [-0.2, -0.15) is 5.10 Å². The van der Waals surface area contributed by atoms with E-state index in [0.29, 0.717) is 11.3 Å². The van der Waals surface area contributed by atoms with Gasteiger partial charge in [0.05, 0.1) is 4.92 Å².